The number of hydrogen-bond acceptors (Lipinski definition) is 5. The first-order valence-corrected chi connectivity index (χ1v) is 8.18. The lowest BCUT2D eigenvalue weighted by Gasteiger charge is -2.19. The Balaban J connectivity index is 1.70. The van der Waals surface area contributed by atoms with Crippen molar-refractivity contribution in [2.24, 2.45) is 4.40 Å². The van der Waals surface area contributed by atoms with Gasteiger partial charge in [-0.15, -0.1) is 4.40 Å². The highest BCUT2D eigenvalue weighted by atomic mass is 32.2. The molecule has 0 radical (unpaired) electrons. The summed E-state index contributed by atoms with van der Waals surface area (Å²) in [4.78, 5) is 0.218. The second-order valence-corrected chi connectivity index (χ2v) is 6.47. The molecule has 0 bridgehead atoms. The van der Waals surface area contributed by atoms with Crippen LogP contribution in [0.1, 0.15) is 5.56 Å². The van der Waals surface area contributed by atoms with Crippen molar-refractivity contribution >= 4 is 21.5 Å². The number of anilines is 1. The third kappa shape index (κ3) is 2.10. The molecule has 0 spiro atoms. The summed E-state index contributed by atoms with van der Waals surface area (Å²) in [6.45, 7) is 1.02. The quantitative estimate of drug-likeness (QED) is 0.871. The highest BCUT2D eigenvalue weighted by Gasteiger charge is 2.28. The molecule has 0 fully saturated rings. The lowest BCUT2D eigenvalue weighted by molar-refractivity contribution is 0.171. The largest absolute Gasteiger partial charge is 0.486 e. The molecule has 0 atom stereocenters. The van der Waals surface area contributed by atoms with Gasteiger partial charge < -0.3 is 14.8 Å². The Morgan fingerprint density at radius 2 is 1.77 bits per heavy atom. The Morgan fingerprint density at radius 1 is 1.00 bits per heavy atom. The van der Waals surface area contributed by atoms with Crippen LogP contribution in [0.2, 0.25) is 0 Å². The molecular formula is C15H12N2O4S. The molecule has 4 rings (SSSR count). The van der Waals surface area contributed by atoms with E-state index in [1.165, 1.54) is 0 Å². The third-order valence-electron chi connectivity index (χ3n) is 3.44. The van der Waals surface area contributed by atoms with Gasteiger partial charge in [0, 0.05) is 17.3 Å². The first kappa shape index (κ1) is 13.1. The molecule has 0 aliphatic carbocycles. The predicted octanol–water partition coefficient (Wildman–Crippen LogP) is 2.02. The van der Waals surface area contributed by atoms with Crippen LogP contribution in [0.5, 0.6) is 11.5 Å². The van der Waals surface area contributed by atoms with Crippen molar-refractivity contribution in [1.29, 1.82) is 0 Å². The Kier molecular flexibility index (Phi) is 2.83. The van der Waals surface area contributed by atoms with Crippen molar-refractivity contribution < 1.29 is 17.9 Å². The summed E-state index contributed by atoms with van der Waals surface area (Å²) < 4.78 is 38.8. The predicted molar refractivity (Wildman–Crippen MR) is 81.2 cm³/mol. The van der Waals surface area contributed by atoms with Gasteiger partial charge >= 0.3 is 0 Å². The van der Waals surface area contributed by atoms with E-state index in [-0.39, 0.29) is 4.90 Å². The minimum Gasteiger partial charge on any atom is -0.486 e. The fourth-order valence-corrected chi connectivity index (χ4v) is 3.63. The normalized spacial score (nSPS) is 17.5. The van der Waals surface area contributed by atoms with Crippen molar-refractivity contribution in [2.75, 3.05) is 18.5 Å². The average molecular weight is 316 g/mol. The van der Waals surface area contributed by atoms with Crippen LogP contribution in [-0.2, 0) is 10.0 Å². The van der Waals surface area contributed by atoms with Gasteiger partial charge in [-0.2, -0.15) is 8.42 Å². The van der Waals surface area contributed by atoms with Crippen molar-refractivity contribution in [3.05, 3.63) is 48.0 Å². The van der Waals surface area contributed by atoms with Gasteiger partial charge in [-0.3, -0.25) is 0 Å². The van der Waals surface area contributed by atoms with Crippen LogP contribution in [-0.4, -0.2) is 27.5 Å². The molecular weight excluding hydrogens is 304 g/mol. The molecule has 2 aliphatic heterocycles. The first-order valence-electron chi connectivity index (χ1n) is 6.74. The molecule has 2 aromatic carbocycles. The average Bonchev–Trinajstić information content (AvgIpc) is 2.79. The zero-order chi connectivity index (χ0) is 15.2. The number of sulfonamides is 1. The first-order chi connectivity index (χ1) is 10.6. The van der Waals surface area contributed by atoms with Crippen molar-refractivity contribution in [3.8, 4) is 11.5 Å². The minimum absolute atomic E-state index is 0.218. The van der Waals surface area contributed by atoms with E-state index in [4.69, 9.17) is 9.47 Å². The number of nitrogens with zero attached hydrogens (tertiary/aromatic N) is 1. The zero-order valence-electron chi connectivity index (χ0n) is 11.4. The maximum Gasteiger partial charge on any atom is 0.285 e. The summed E-state index contributed by atoms with van der Waals surface area (Å²) in [7, 11) is -3.62. The van der Waals surface area contributed by atoms with E-state index >= 15 is 0 Å². The number of ether oxygens (including phenoxy) is 2. The maximum atomic E-state index is 12.0. The summed E-state index contributed by atoms with van der Waals surface area (Å²) in [5.41, 5.74) is 1.26. The van der Waals surface area contributed by atoms with E-state index in [0.717, 1.165) is 0 Å². The van der Waals surface area contributed by atoms with Crippen molar-refractivity contribution in [1.82, 2.24) is 0 Å². The van der Waals surface area contributed by atoms with Crippen LogP contribution < -0.4 is 14.8 Å². The molecule has 0 aromatic heterocycles. The van der Waals surface area contributed by atoms with Gasteiger partial charge in [0.15, 0.2) is 17.3 Å². The second kappa shape index (κ2) is 4.74. The molecule has 1 N–H and O–H groups in total. The highest BCUT2D eigenvalue weighted by Crippen LogP contribution is 2.33. The molecule has 0 saturated heterocycles. The van der Waals surface area contributed by atoms with Crippen molar-refractivity contribution in [3.63, 3.8) is 0 Å². The van der Waals surface area contributed by atoms with Crippen LogP contribution >= 0.6 is 0 Å². The molecule has 0 unspecified atom stereocenters. The Labute approximate surface area is 127 Å². The number of rotatable bonds is 1. The number of nitrogens with one attached hydrogen (secondary N) is 1. The molecule has 0 amide bonds. The minimum atomic E-state index is -3.62. The van der Waals surface area contributed by atoms with E-state index in [2.05, 4.69) is 9.71 Å². The molecule has 2 heterocycles. The maximum absolute atomic E-state index is 12.0. The molecule has 6 nitrogen and oxygen atoms in total. The lowest BCUT2D eigenvalue weighted by Crippen LogP contribution is -2.16. The van der Waals surface area contributed by atoms with Crippen LogP contribution in [0.4, 0.5) is 5.69 Å². The molecule has 112 valence electrons. The van der Waals surface area contributed by atoms with Gasteiger partial charge in [-0.05, 0) is 24.3 Å². The summed E-state index contributed by atoms with van der Waals surface area (Å²) >= 11 is 0. The molecule has 2 aromatic rings. The molecule has 22 heavy (non-hydrogen) atoms. The fourth-order valence-electron chi connectivity index (χ4n) is 2.45. The second-order valence-electron chi connectivity index (χ2n) is 4.89. The van der Waals surface area contributed by atoms with Crippen LogP contribution in [0.15, 0.2) is 51.8 Å². The van der Waals surface area contributed by atoms with E-state index in [9.17, 15) is 8.42 Å². The Hall–Kier alpha value is -2.54. The highest BCUT2D eigenvalue weighted by molar-refractivity contribution is 7.90. The summed E-state index contributed by atoms with van der Waals surface area (Å²) in [5.74, 6) is 1.62. The smallest absolute Gasteiger partial charge is 0.285 e. The van der Waals surface area contributed by atoms with Gasteiger partial charge in [0.05, 0.1) is 0 Å². The van der Waals surface area contributed by atoms with E-state index in [0.29, 0.717) is 41.8 Å². The van der Waals surface area contributed by atoms with Crippen LogP contribution in [0, 0.1) is 0 Å². The molecule has 7 heteroatoms. The SMILES string of the molecule is O=S1(=O)N=C(Nc2ccc3c(c2)OCCO3)c2ccccc21. The fraction of sp³-hybridized carbons (Fsp3) is 0.133. The van der Waals surface area contributed by atoms with Gasteiger partial charge in [-0.1, -0.05) is 12.1 Å². The van der Waals surface area contributed by atoms with E-state index in [1.807, 2.05) is 0 Å². The number of amidine groups is 1. The monoisotopic (exact) mass is 316 g/mol. The van der Waals surface area contributed by atoms with Crippen LogP contribution in [0.25, 0.3) is 0 Å². The van der Waals surface area contributed by atoms with Gasteiger partial charge in [0.25, 0.3) is 10.0 Å². The summed E-state index contributed by atoms with van der Waals surface area (Å²) in [6, 6.07) is 12.1. The lowest BCUT2D eigenvalue weighted by atomic mass is 10.2. The van der Waals surface area contributed by atoms with Crippen molar-refractivity contribution in [2.45, 2.75) is 4.90 Å². The van der Waals surface area contributed by atoms with Gasteiger partial charge in [-0.25, -0.2) is 0 Å². The van der Waals surface area contributed by atoms with Gasteiger partial charge in [0.2, 0.25) is 0 Å². The number of hydrogen-bond donors (Lipinski definition) is 1. The Bertz CT molecular complexity index is 890. The standard InChI is InChI=1S/C15H12N2O4S/c18-22(19)14-4-2-1-3-11(14)15(17-22)16-10-5-6-12-13(9-10)21-8-7-20-12/h1-6,9H,7-8H2,(H,16,17). The number of fused-ring (bicyclic) bond motifs is 2. The van der Waals surface area contributed by atoms with Crippen LogP contribution in [0.3, 0.4) is 0 Å². The van der Waals surface area contributed by atoms with E-state index in [1.54, 1.807) is 42.5 Å². The Morgan fingerprint density at radius 3 is 2.64 bits per heavy atom. The molecule has 2 aliphatic rings. The topological polar surface area (TPSA) is 77.0 Å². The third-order valence-corrected chi connectivity index (χ3v) is 4.77. The molecule has 0 saturated carbocycles. The summed E-state index contributed by atoms with van der Waals surface area (Å²) in [5, 5.41) is 3.04. The number of benzene rings is 2. The van der Waals surface area contributed by atoms with E-state index < -0.39 is 10.0 Å². The zero-order valence-corrected chi connectivity index (χ0v) is 12.3. The van der Waals surface area contributed by atoms with Gasteiger partial charge in [0.1, 0.15) is 18.1 Å². The summed E-state index contributed by atoms with van der Waals surface area (Å²) in [6.07, 6.45) is 0.